The molecule has 4 nitrogen and oxygen atoms in total. The summed E-state index contributed by atoms with van der Waals surface area (Å²) >= 11 is 0. The van der Waals surface area contributed by atoms with Crippen molar-refractivity contribution in [3.8, 4) is 0 Å². The normalized spacial score (nSPS) is 28.3. The van der Waals surface area contributed by atoms with Crippen molar-refractivity contribution in [3.05, 3.63) is 0 Å². The molecule has 1 unspecified atom stereocenters. The van der Waals surface area contributed by atoms with E-state index >= 15 is 0 Å². The maximum absolute atomic E-state index is 13.0. The van der Waals surface area contributed by atoms with Gasteiger partial charge in [0.25, 0.3) is 0 Å². The lowest BCUT2D eigenvalue weighted by molar-refractivity contribution is -0.181. The average molecular weight is 281 g/mol. The summed E-state index contributed by atoms with van der Waals surface area (Å²) in [5, 5.41) is 2.88. The maximum Gasteiger partial charge on any atom is 0.405 e. The number of hydrogen-bond acceptors (Lipinski definition) is 4. The first-order valence-electron chi connectivity index (χ1n) is 6.89. The molecule has 0 aromatic heterocycles. The molecule has 0 bridgehead atoms. The second-order valence-electron chi connectivity index (χ2n) is 5.11. The van der Waals surface area contributed by atoms with Crippen molar-refractivity contribution in [1.82, 2.24) is 15.1 Å². The standard InChI is InChI=1S/C12H22F3N3O/c13-12(14,15)11-10-16-2-1-3-18(11)5-4-17-6-8-19-9-7-17/h11,16H,1-10H2. The van der Waals surface area contributed by atoms with Gasteiger partial charge in [0.05, 0.1) is 13.2 Å². The molecule has 7 heteroatoms. The lowest BCUT2D eigenvalue weighted by Crippen LogP contribution is -2.52. The second-order valence-corrected chi connectivity index (χ2v) is 5.11. The number of ether oxygens (including phenoxy) is 1. The van der Waals surface area contributed by atoms with Crippen molar-refractivity contribution < 1.29 is 17.9 Å². The van der Waals surface area contributed by atoms with Crippen LogP contribution in [-0.2, 0) is 4.74 Å². The fourth-order valence-corrected chi connectivity index (χ4v) is 2.62. The monoisotopic (exact) mass is 281 g/mol. The van der Waals surface area contributed by atoms with Gasteiger partial charge in [0.1, 0.15) is 6.04 Å². The van der Waals surface area contributed by atoms with E-state index in [1.165, 1.54) is 0 Å². The first-order valence-corrected chi connectivity index (χ1v) is 6.89. The van der Waals surface area contributed by atoms with Crippen LogP contribution in [0.1, 0.15) is 6.42 Å². The van der Waals surface area contributed by atoms with Gasteiger partial charge >= 0.3 is 6.18 Å². The van der Waals surface area contributed by atoms with E-state index in [2.05, 4.69) is 10.2 Å². The Balaban J connectivity index is 1.86. The molecule has 0 amide bonds. The molecule has 2 heterocycles. The van der Waals surface area contributed by atoms with Gasteiger partial charge in [-0.3, -0.25) is 9.80 Å². The average Bonchev–Trinajstić information content (AvgIpc) is 2.62. The van der Waals surface area contributed by atoms with Crippen LogP contribution in [0.25, 0.3) is 0 Å². The molecular weight excluding hydrogens is 259 g/mol. The van der Waals surface area contributed by atoms with E-state index in [-0.39, 0.29) is 6.54 Å². The Labute approximate surface area is 111 Å². The van der Waals surface area contributed by atoms with Crippen molar-refractivity contribution in [3.63, 3.8) is 0 Å². The predicted octanol–water partition coefficient (Wildman–Crippen LogP) is 0.545. The molecule has 1 atom stereocenters. The lowest BCUT2D eigenvalue weighted by atomic mass is 10.2. The Morgan fingerprint density at radius 1 is 1.11 bits per heavy atom. The number of halogens is 3. The smallest absolute Gasteiger partial charge is 0.379 e. The highest BCUT2D eigenvalue weighted by Crippen LogP contribution is 2.25. The van der Waals surface area contributed by atoms with Gasteiger partial charge in [0.2, 0.25) is 0 Å². The summed E-state index contributed by atoms with van der Waals surface area (Å²) < 4.78 is 44.3. The summed E-state index contributed by atoms with van der Waals surface area (Å²) in [6.07, 6.45) is -3.38. The largest absolute Gasteiger partial charge is 0.405 e. The van der Waals surface area contributed by atoms with Crippen molar-refractivity contribution >= 4 is 0 Å². The molecule has 0 aromatic rings. The number of nitrogens with zero attached hydrogens (tertiary/aromatic N) is 2. The summed E-state index contributed by atoms with van der Waals surface area (Å²) in [7, 11) is 0. The molecule has 0 saturated carbocycles. The molecule has 0 aromatic carbocycles. The van der Waals surface area contributed by atoms with Gasteiger partial charge in [-0.15, -0.1) is 0 Å². The zero-order valence-electron chi connectivity index (χ0n) is 11.1. The molecule has 0 radical (unpaired) electrons. The van der Waals surface area contributed by atoms with E-state index < -0.39 is 12.2 Å². The van der Waals surface area contributed by atoms with E-state index in [1.807, 2.05) is 0 Å². The van der Waals surface area contributed by atoms with Gasteiger partial charge < -0.3 is 10.1 Å². The molecule has 2 saturated heterocycles. The summed E-state index contributed by atoms with van der Waals surface area (Å²) in [5.74, 6) is 0. The summed E-state index contributed by atoms with van der Waals surface area (Å²) in [6, 6.07) is -1.35. The van der Waals surface area contributed by atoms with Crippen LogP contribution in [0.3, 0.4) is 0 Å². The van der Waals surface area contributed by atoms with E-state index in [9.17, 15) is 13.2 Å². The van der Waals surface area contributed by atoms with E-state index in [1.54, 1.807) is 4.90 Å². The SMILES string of the molecule is FC(F)(F)C1CNCCCN1CCN1CCOCC1. The molecule has 2 rings (SSSR count). The number of morpholine rings is 1. The van der Waals surface area contributed by atoms with Gasteiger partial charge in [0.15, 0.2) is 0 Å². The van der Waals surface area contributed by atoms with Crippen LogP contribution in [0.2, 0.25) is 0 Å². The van der Waals surface area contributed by atoms with E-state index in [0.717, 1.165) is 19.5 Å². The third-order valence-corrected chi connectivity index (χ3v) is 3.76. The molecule has 112 valence electrons. The van der Waals surface area contributed by atoms with Crippen LogP contribution >= 0.6 is 0 Å². The number of nitrogens with one attached hydrogen (secondary N) is 1. The van der Waals surface area contributed by atoms with Crippen LogP contribution < -0.4 is 5.32 Å². The highest BCUT2D eigenvalue weighted by atomic mass is 19.4. The highest BCUT2D eigenvalue weighted by Gasteiger charge is 2.43. The highest BCUT2D eigenvalue weighted by molar-refractivity contribution is 4.84. The molecule has 1 N–H and O–H groups in total. The van der Waals surface area contributed by atoms with Gasteiger partial charge in [-0.1, -0.05) is 0 Å². The predicted molar refractivity (Wildman–Crippen MR) is 66.2 cm³/mol. The van der Waals surface area contributed by atoms with Crippen molar-refractivity contribution in [2.24, 2.45) is 0 Å². The molecule has 19 heavy (non-hydrogen) atoms. The van der Waals surface area contributed by atoms with Crippen molar-refractivity contribution in [1.29, 1.82) is 0 Å². The van der Waals surface area contributed by atoms with Crippen LogP contribution in [0, 0.1) is 0 Å². The van der Waals surface area contributed by atoms with Crippen LogP contribution in [0.5, 0.6) is 0 Å². The summed E-state index contributed by atoms with van der Waals surface area (Å²) in [4.78, 5) is 3.75. The van der Waals surface area contributed by atoms with Crippen molar-refractivity contribution in [2.75, 3.05) is 59.0 Å². The van der Waals surface area contributed by atoms with Crippen LogP contribution in [0.15, 0.2) is 0 Å². The summed E-state index contributed by atoms with van der Waals surface area (Å²) in [5.41, 5.74) is 0. The van der Waals surface area contributed by atoms with Crippen LogP contribution in [-0.4, -0.2) is 81.0 Å². The van der Waals surface area contributed by atoms with Crippen LogP contribution in [0.4, 0.5) is 13.2 Å². The third kappa shape index (κ3) is 4.59. The van der Waals surface area contributed by atoms with Crippen molar-refractivity contribution in [2.45, 2.75) is 18.6 Å². The molecule has 2 fully saturated rings. The minimum atomic E-state index is -4.15. The van der Waals surface area contributed by atoms with E-state index in [0.29, 0.717) is 39.4 Å². The Morgan fingerprint density at radius 3 is 2.53 bits per heavy atom. The zero-order valence-corrected chi connectivity index (χ0v) is 11.1. The Kier molecular flexibility index (Phi) is 5.44. The van der Waals surface area contributed by atoms with E-state index in [4.69, 9.17) is 4.74 Å². The fraction of sp³-hybridized carbons (Fsp3) is 1.00. The zero-order chi connectivity index (χ0) is 13.7. The Hall–Kier alpha value is -0.370. The number of rotatable bonds is 3. The van der Waals surface area contributed by atoms with Gasteiger partial charge in [-0.25, -0.2) is 0 Å². The van der Waals surface area contributed by atoms with Gasteiger partial charge in [-0.2, -0.15) is 13.2 Å². The molecule has 0 aliphatic carbocycles. The number of hydrogen-bond donors (Lipinski definition) is 1. The topological polar surface area (TPSA) is 27.7 Å². The van der Waals surface area contributed by atoms with Gasteiger partial charge in [0, 0.05) is 39.3 Å². The molecule has 2 aliphatic rings. The van der Waals surface area contributed by atoms with Gasteiger partial charge in [-0.05, 0) is 13.0 Å². The quantitative estimate of drug-likeness (QED) is 0.817. The third-order valence-electron chi connectivity index (χ3n) is 3.76. The first kappa shape index (κ1) is 15.0. The Morgan fingerprint density at radius 2 is 1.84 bits per heavy atom. The molecule has 0 spiro atoms. The Bertz CT molecular complexity index is 269. The first-order chi connectivity index (χ1) is 9.07. The minimum Gasteiger partial charge on any atom is -0.379 e. The molecular formula is C12H22F3N3O. The summed E-state index contributed by atoms with van der Waals surface area (Å²) in [6.45, 7) is 5.37. The maximum atomic E-state index is 13.0. The fourth-order valence-electron chi connectivity index (χ4n) is 2.62. The molecule has 2 aliphatic heterocycles. The number of alkyl halides is 3. The second kappa shape index (κ2) is 6.88. The lowest BCUT2D eigenvalue weighted by Gasteiger charge is -2.34. The minimum absolute atomic E-state index is 0.00656.